The molecule has 3 rings (SSSR count). The number of nitrogens with zero attached hydrogens (tertiary/aromatic N) is 2. The molecule has 0 atom stereocenters. The molecular weight excluding hydrogens is 305 g/mol. The molecule has 0 aliphatic heterocycles. The third-order valence-corrected chi connectivity index (χ3v) is 4.15. The molecule has 0 saturated heterocycles. The summed E-state index contributed by atoms with van der Waals surface area (Å²) in [6, 6.07) is 9.34. The molecule has 1 aromatic heterocycles. The van der Waals surface area contributed by atoms with Crippen molar-refractivity contribution in [1.82, 2.24) is 4.98 Å². The van der Waals surface area contributed by atoms with Gasteiger partial charge in [0.2, 0.25) is 0 Å². The number of fused-ring (bicyclic) bond motifs is 1. The van der Waals surface area contributed by atoms with Crippen LogP contribution in [0.4, 0.5) is 11.5 Å². The van der Waals surface area contributed by atoms with Gasteiger partial charge in [-0.05, 0) is 55.5 Å². The number of rotatable bonds is 2. The van der Waals surface area contributed by atoms with Crippen molar-refractivity contribution in [2.45, 2.75) is 25.7 Å². The number of halogens is 2. The summed E-state index contributed by atoms with van der Waals surface area (Å²) in [7, 11) is 0. The molecular formula is C16H13Cl2N3. The lowest BCUT2D eigenvalue weighted by atomic mass is 9.95. The fourth-order valence-corrected chi connectivity index (χ4v) is 2.99. The van der Waals surface area contributed by atoms with E-state index >= 15 is 0 Å². The number of benzene rings is 1. The lowest BCUT2D eigenvalue weighted by Crippen LogP contribution is -2.09. The fraction of sp³-hybridized carbons (Fsp3) is 0.250. The minimum atomic E-state index is 0.505. The minimum Gasteiger partial charge on any atom is -0.338 e. The largest absolute Gasteiger partial charge is 0.338 e. The van der Waals surface area contributed by atoms with Crippen LogP contribution in [0, 0.1) is 11.3 Å². The highest BCUT2D eigenvalue weighted by Gasteiger charge is 2.15. The van der Waals surface area contributed by atoms with Crippen molar-refractivity contribution in [3.8, 4) is 6.07 Å². The van der Waals surface area contributed by atoms with Crippen LogP contribution in [0.5, 0.6) is 0 Å². The van der Waals surface area contributed by atoms with Crippen molar-refractivity contribution in [3.05, 3.63) is 51.1 Å². The van der Waals surface area contributed by atoms with Gasteiger partial charge in [-0.15, -0.1) is 0 Å². The van der Waals surface area contributed by atoms with Crippen molar-refractivity contribution in [1.29, 1.82) is 5.26 Å². The number of nitrogens with one attached hydrogen (secondary N) is 1. The number of hydrogen-bond acceptors (Lipinski definition) is 3. The Bertz CT molecular complexity index is 735. The van der Waals surface area contributed by atoms with Gasteiger partial charge in [-0.3, -0.25) is 0 Å². The molecule has 1 aromatic carbocycles. The molecule has 0 fully saturated rings. The molecule has 0 radical (unpaired) electrons. The normalized spacial score (nSPS) is 13.4. The van der Waals surface area contributed by atoms with Gasteiger partial charge in [0.25, 0.3) is 0 Å². The van der Waals surface area contributed by atoms with Gasteiger partial charge in [0.05, 0.1) is 16.3 Å². The first kappa shape index (κ1) is 14.2. The van der Waals surface area contributed by atoms with Crippen molar-refractivity contribution in [3.63, 3.8) is 0 Å². The van der Waals surface area contributed by atoms with Gasteiger partial charge in [-0.2, -0.15) is 5.26 Å². The Morgan fingerprint density at radius 2 is 1.95 bits per heavy atom. The number of hydrogen-bond donors (Lipinski definition) is 1. The number of anilines is 2. The van der Waals surface area contributed by atoms with E-state index in [0.717, 1.165) is 31.4 Å². The topological polar surface area (TPSA) is 48.7 Å². The van der Waals surface area contributed by atoms with Gasteiger partial charge in [-0.25, -0.2) is 4.98 Å². The first-order valence-corrected chi connectivity index (χ1v) is 7.58. The zero-order valence-corrected chi connectivity index (χ0v) is 12.8. The van der Waals surface area contributed by atoms with E-state index in [4.69, 9.17) is 23.2 Å². The van der Waals surface area contributed by atoms with Gasteiger partial charge in [0.15, 0.2) is 0 Å². The van der Waals surface area contributed by atoms with Crippen LogP contribution < -0.4 is 5.32 Å². The van der Waals surface area contributed by atoms with Crippen LogP contribution in [-0.4, -0.2) is 4.98 Å². The average molecular weight is 318 g/mol. The summed E-state index contributed by atoms with van der Waals surface area (Å²) in [5.74, 6) is 0.558. The van der Waals surface area contributed by atoms with E-state index in [1.807, 2.05) is 6.07 Å². The number of nitriles is 1. The molecule has 1 N–H and O–H groups in total. The lowest BCUT2D eigenvalue weighted by molar-refractivity contribution is 0.668. The van der Waals surface area contributed by atoms with Crippen molar-refractivity contribution >= 4 is 34.7 Å². The summed E-state index contributed by atoms with van der Waals surface area (Å²) >= 11 is 12.1. The Kier molecular flexibility index (Phi) is 4.01. The van der Waals surface area contributed by atoms with Gasteiger partial charge < -0.3 is 5.32 Å². The van der Waals surface area contributed by atoms with Crippen LogP contribution in [-0.2, 0) is 12.8 Å². The smallest absolute Gasteiger partial charge is 0.148 e. The average Bonchev–Trinajstić information content (AvgIpc) is 2.49. The summed E-state index contributed by atoms with van der Waals surface area (Å²) in [6.45, 7) is 0. The first-order chi connectivity index (χ1) is 10.2. The van der Waals surface area contributed by atoms with Gasteiger partial charge in [0.1, 0.15) is 11.9 Å². The number of pyridine rings is 1. The molecule has 2 aromatic rings. The Morgan fingerprint density at radius 3 is 2.71 bits per heavy atom. The molecule has 1 aliphatic carbocycles. The molecule has 0 amide bonds. The van der Waals surface area contributed by atoms with Gasteiger partial charge in [0, 0.05) is 10.7 Å². The quantitative estimate of drug-likeness (QED) is 0.858. The molecule has 21 heavy (non-hydrogen) atoms. The molecule has 1 aliphatic rings. The monoisotopic (exact) mass is 317 g/mol. The molecule has 1 heterocycles. The highest BCUT2D eigenvalue weighted by molar-refractivity contribution is 6.36. The second-order valence-electron chi connectivity index (χ2n) is 5.06. The van der Waals surface area contributed by atoms with Gasteiger partial charge in [-0.1, -0.05) is 23.2 Å². The number of aromatic nitrogens is 1. The number of aryl methyl sites for hydroxylation is 2. The highest BCUT2D eigenvalue weighted by atomic mass is 35.5. The van der Waals surface area contributed by atoms with E-state index in [0.29, 0.717) is 27.1 Å². The predicted octanol–water partition coefficient (Wildman–Crippen LogP) is 4.88. The van der Waals surface area contributed by atoms with Crippen LogP contribution in [0.15, 0.2) is 24.3 Å². The third-order valence-electron chi connectivity index (χ3n) is 3.61. The molecule has 0 saturated carbocycles. The summed E-state index contributed by atoms with van der Waals surface area (Å²) in [5.41, 5.74) is 3.50. The second kappa shape index (κ2) is 5.93. The van der Waals surface area contributed by atoms with Crippen LogP contribution in [0.25, 0.3) is 0 Å². The standard InChI is InChI=1S/C16H13Cl2N3/c17-12-5-6-15(13(18)8-12)21-16-11(9-19)7-10-3-1-2-4-14(10)20-16/h5-8H,1-4H2,(H,20,21). The minimum absolute atomic E-state index is 0.505. The van der Waals surface area contributed by atoms with E-state index < -0.39 is 0 Å². The molecule has 106 valence electrons. The first-order valence-electron chi connectivity index (χ1n) is 6.82. The van der Waals surface area contributed by atoms with Crippen LogP contribution in [0.3, 0.4) is 0 Å². The summed E-state index contributed by atoms with van der Waals surface area (Å²) in [5, 5.41) is 13.6. The van der Waals surface area contributed by atoms with E-state index in [2.05, 4.69) is 16.4 Å². The Hall–Kier alpha value is -1.76. The van der Waals surface area contributed by atoms with Crippen molar-refractivity contribution in [2.24, 2.45) is 0 Å². The predicted molar refractivity (Wildman–Crippen MR) is 85.3 cm³/mol. The van der Waals surface area contributed by atoms with Crippen molar-refractivity contribution in [2.75, 3.05) is 5.32 Å². The van der Waals surface area contributed by atoms with E-state index in [9.17, 15) is 5.26 Å². The van der Waals surface area contributed by atoms with Crippen LogP contribution in [0.2, 0.25) is 10.0 Å². The Morgan fingerprint density at radius 1 is 1.14 bits per heavy atom. The van der Waals surface area contributed by atoms with E-state index in [-0.39, 0.29) is 0 Å². The van der Waals surface area contributed by atoms with E-state index in [1.165, 1.54) is 5.56 Å². The maximum Gasteiger partial charge on any atom is 0.148 e. The SMILES string of the molecule is N#Cc1cc2c(nc1Nc1ccc(Cl)cc1Cl)CCCC2. The lowest BCUT2D eigenvalue weighted by Gasteiger charge is -2.17. The van der Waals surface area contributed by atoms with Crippen molar-refractivity contribution < 1.29 is 0 Å². The summed E-state index contributed by atoms with van der Waals surface area (Å²) in [6.07, 6.45) is 4.27. The Labute approximate surface area is 133 Å². The summed E-state index contributed by atoms with van der Waals surface area (Å²) in [4.78, 5) is 4.62. The summed E-state index contributed by atoms with van der Waals surface area (Å²) < 4.78 is 0. The molecule has 0 bridgehead atoms. The zero-order valence-electron chi connectivity index (χ0n) is 11.3. The van der Waals surface area contributed by atoms with Crippen LogP contribution in [0.1, 0.15) is 29.7 Å². The molecule has 5 heteroatoms. The highest BCUT2D eigenvalue weighted by Crippen LogP contribution is 2.30. The second-order valence-corrected chi connectivity index (χ2v) is 5.90. The third kappa shape index (κ3) is 2.97. The molecule has 0 spiro atoms. The fourth-order valence-electron chi connectivity index (χ4n) is 2.53. The Balaban J connectivity index is 1.99. The zero-order chi connectivity index (χ0) is 14.8. The maximum absolute atomic E-state index is 9.33. The van der Waals surface area contributed by atoms with E-state index in [1.54, 1.807) is 18.2 Å². The molecule has 0 unspecified atom stereocenters. The maximum atomic E-state index is 9.33. The molecule has 3 nitrogen and oxygen atoms in total. The van der Waals surface area contributed by atoms with Crippen LogP contribution >= 0.6 is 23.2 Å². The van der Waals surface area contributed by atoms with Gasteiger partial charge >= 0.3 is 0 Å².